The van der Waals surface area contributed by atoms with Gasteiger partial charge < -0.3 is 10.6 Å². The van der Waals surface area contributed by atoms with Crippen LogP contribution in [-0.4, -0.2) is 27.6 Å². The fourth-order valence-electron chi connectivity index (χ4n) is 2.46. The molecule has 1 atom stereocenters. The molecule has 0 saturated heterocycles. The molecule has 2 amide bonds. The van der Waals surface area contributed by atoms with Crippen molar-refractivity contribution in [1.82, 2.24) is 15.1 Å². The third-order valence-electron chi connectivity index (χ3n) is 3.85. The molecule has 1 aromatic heterocycles. The van der Waals surface area contributed by atoms with E-state index in [2.05, 4.69) is 29.6 Å². The number of aromatic nitrogens is 2. The molecular formula is C19H26N4O2. The van der Waals surface area contributed by atoms with Crippen LogP contribution in [0.4, 0.5) is 5.69 Å². The Bertz CT molecular complexity index is 695. The summed E-state index contributed by atoms with van der Waals surface area (Å²) in [6.07, 6.45) is 5.46. The van der Waals surface area contributed by atoms with E-state index >= 15 is 0 Å². The van der Waals surface area contributed by atoms with Gasteiger partial charge in [-0.25, -0.2) is 0 Å². The first kappa shape index (κ1) is 18.7. The molecule has 134 valence electrons. The van der Waals surface area contributed by atoms with Gasteiger partial charge in [-0.2, -0.15) is 5.10 Å². The molecule has 0 saturated carbocycles. The van der Waals surface area contributed by atoms with E-state index in [1.165, 1.54) is 0 Å². The van der Waals surface area contributed by atoms with E-state index in [0.29, 0.717) is 18.2 Å². The summed E-state index contributed by atoms with van der Waals surface area (Å²) in [6.45, 7) is 6.79. The van der Waals surface area contributed by atoms with Crippen molar-refractivity contribution in [2.24, 2.45) is 5.92 Å². The van der Waals surface area contributed by atoms with Crippen molar-refractivity contribution in [3.63, 3.8) is 0 Å². The first-order chi connectivity index (χ1) is 11.9. The highest BCUT2D eigenvalue weighted by atomic mass is 16.2. The van der Waals surface area contributed by atoms with Gasteiger partial charge in [0.1, 0.15) is 0 Å². The SMILES string of the molecule is CC(C)CCC(C)NC(=O)C(=O)Nc1cccc(Cn2cccn2)c1. The highest BCUT2D eigenvalue weighted by molar-refractivity contribution is 6.39. The largest absolute Gasteiger partial charge is 0.345 e. The number of hydrogen-bond donors (Lipinski definition) is 2. The van der Waals surface area contributed by atoms with Gasteiger partial charge in [0, 0.05) is 24.1 Å². The van der Waals surface area contributed by atoms with E-state index in [9.17, 15) is 9.59 Å². The maximum atomic E-state index is 12.1. The molecule has 2 rings (SSSR count). The number of rotatable bonds is 7. The molecule has 2 N–H and O–H groups in total. The van der Waals surface area contributed by atoms with Gasteiger partial charge in [0.25, 0.3) is 0 Å². The Kier molecular flexibility index (Phi) is 6.74. The summed E-state index contributed by atoms with van der Waals surface area (Å²) in [7, 11) is 0. The second kappa shape index (κ2) is 9.01. The summed E-state index contributed by atoms with van der Waals surface area (Å²) in [4.78, 5) is 24.1. The van der Waals surface area contributed by atoms with E-state index in [4.69, 9.17) is 0 Å². The van der Waals surface area contributed by atoms with Crippen molar-refractivity contribution in [3.8, 4) is 0 Å². The van der Waals surface area contributed by atoms with Crippen LogP contribution in [0.1, 0.15) is 39.2 Å². The summed E-state index contributed by atoms with van der Waals surface area (Å²) in [6, 6.07) is 9.24. The Morgan fingerprint density at radius 2 is 1.92 bits per heavy atom. The Labute approximate surface area is 148 Å². The molecule has 0 aliphatic rings. The van der Waals surface area contributed by atoms with Gasteiger partial charge in [-0.1, -0.05) is 26.0 Å². The zero-order valence-corrected chi connectivity index (χ0v) is 15.0. The van der Waals surface area contributed by atoms with Gasteiger partial charge >= 0.3 is 11.8 Å². The average molecular weight is 342 g/mol. The standard InChI is InChI=1S/C19H26N4O2/c1-14(2)8-9-15(3)21-18(24)19(25)22-17-7-4-6-16(12-17)13-23-11-5-10-20-23/h4-7,10-12,14-15H,8-9,13H2,1-3H3,(H,21,24)(H,22,25). The first-order valence-corrected chi connectivity index (χ1v) is 8.62. The van der Waals surface area contributed by atoms with Crippen LogP contribution in [0.15, 0.2) is 42.7 Å². The number of amides is 2. The molecule has 0 bridgehead atoms. The van der Waals surface area contributed by atoms with Crippen LogP contribution in [0.2, 0.25) is 0 Å². The van der Waals surface area contributed by atoms with Crippen LogP contribution in [0.3, 0.4) is 0 Å². The summed E-state index contributed by atoms with van der Waals surface area (Å²) < 4.78 is 1.80. The van der Waals surface area contributed by atoms with Crippen LogP contribution in [0, 0.1) is 5.92 Å². The molecule has 1 unspecified atom stereocenters. The zero-order chi connectivity index (χ0) is 18.2. The summed E-state index contributed by atoms with van der Waals surface area (Å²) in [5.41, 5.74) is 1.59. The number of benzene rings is 1. The quantitative estimate of drug-likeness (QED) is 0.760. The molecule has 2 aromatic rings. The summed E-state index contributed by atoms with van der Waals surface area (Å²) in [5, 5.41) is 9.55. The highest BCUT2D eigenvalue weighted by Crippen LogP contribution is 2.12. The van der Waals surface area contributed by atoms with Crippen molar-refractivity contribution in [1.29, 1.82) is 0 Å². The van der Waals surface area contributed by atoms with Crippen LogP contribution in [0.5, 0.6) is 0 Å². The fraction of sp³-hybridized carbons (Fsp3) is 0.421. The van der Waals surface area contributed by atoms with Crippen LogP contribution in [-0.2, 0) is 16.1 Å². The summed E-state index contributed by atoms with van der Waals surface area (Å²) >= 11 is 0. The monoisotopic (exact) mass is 342 g/mol. The Balaban J connectivity index is 1.88. The predicted octanol–water partition coefficient (Wildman–Crippen LogP) is 2.81. The van der Waals surface area contributed by atoms with Crippen molar-refractivity contribution in [3.05, 3.63) is 48.3 Å². The minimum atomic E-state index is -0.646. The second-order valence-corrected chi connectivity index (χ2v) is 6.70. The number of carbonyl (C=O) groups excluding carboxylic acids is 2. The molecular weight excluding hydrogens is 316 g/mol. The normalized spacial score (nSPS) is 12.0. The van der Waals surface area contributed by atoms with Crippen molar-refractivity contribution in [2.75, 3.05) is 5.32 Å². The minimum Gasteiger partial charge on any atom is -0.345 e. The van der Waals surface area contributed by atoms with Gasteiger partial charge in [-0.15, -0.1) is 0 Å². The Morgan fingerprint density at radius 1 is 1.12 bits per heavy atom. The maximum Gasteiger partial charge on any atom is 0.313 e. The number of nitrogens with one attached hydrogen (secondary N) is 2. The average Bonchev–Trinajstić information content (AvgIpc) is 3.06. The van der Waals surface area contributed by atoms with Crippen LogP contribution < -0.4 is 10.6 Å². The summed E-state index contributed by atoms with van der Waals surface area (Å²) in [5.74, 6) is -0.674. The number of nitrogens with zero attached hydrogens (tertiary/aromatic N) is 2. The van der Waals surface area contributed by atoms with Crippen molar-refractivity contribution >= 4 is 17.5 Å². The second-order valence-electron chi connectivity index (χ2n) is 6.70. The first-order valence-electron chi connectivity index (χ1n) is 8.62. The lowest BCUT2D eigenvalue weighted by Gasteiger charge is -2.15. The number of carbonyl (C=O) groups is 2. The topological polar surface area (TPSA) is 76.0 Å². The molecule has 0 aliphatic heterocycles. The fourth-order valence-corrected chi connectivity index (χ4v) is 2.46. The van der Waals surface area contributed by atoms with Gasteiger partial charge in [0.2, 0.25) is 0 Å². The highest BCUT2D eigenvalue weighted by Gasteiger charge is 2.16. The molecule has 6 heteroatoms. The minimum absolute atomic E-state index is 0.0215. The molecule has 1 aromatic carbocycles. The van der Waals surface area contributed by atoms with Crippen molar-refractivity contribution in [2.45, 2.75) is 46.2 Å². The predicted molar refractivity (Wildman–Crippen MR) is 98.1 cm³/mol. The van der Waals surface area contributed by atoms with Crippen LogP contribution in [0.25, 0.3) is 0 Å². The third kappa shape index (κ3) is 6.41. The van der Waals surface area contributed by atoms with Crippen molar-refractivity contribution < 1.29 is 9.59 Å². The van der Waals surface area contributed by atoms with E-state index < -0.39 is 11.8 Å². The number of anilines is 1. The Hall–Kier alpha value is -2.63. The number of hydrogen-bond acceptors (Lipinski definition) is 3. The molecule has 25 heavy (non-hydrogen) atoms. The maximum absolute atomic E-state index is 12.1. The Morgan fingerprint density at radius 3 is 2.60 bits per heavy atom. The van der Waals surface area contributed by atoms with E-state index in [1.54, 1.807) is 16.9 Å². The zero-order valence-electron chi connectivity index (χ0n) is 15.0. The molecule has 0 spiro atoms. The molecule has 6 nitrogen and oxygen atoms in total. The van der Waals surface area contributed by atoms with E-state index in [1.807, 2.05) is 37.4 Å². The smallest absolute Gasteiger partial charge is 0.313 e. The molecule has 0 fully saturated rings. The van der Waals surface area contributed by atoms with Gasteiger partial charge in [-0.3, -0.25) is 14.3 Å². The molecule has 1 heterocycles. The lowest BCUT2D eigenvalue weighted by Crippen LogP contribution is -2.40. The van der Waals surface area contributed by atoms with Crippen LogP contribution >= 0.6 is 0 Å². The lowest BCUT2D eigenvalue weighted by atomic mass is 10.0. The van der Waals surface area contributed by atoms with Gasteiger partial charge in [0.15, 0.2) is 0 Å². The van der Waals surface area contributed by atoms with Gasteiger partial charge in [-0.05, 0) is 49.4 Å². The molecule has 0 aliphatic carbocycles. The van der Waals surface area contributed by atoms with Gasteiger partial charge in [0.05, 0.1) is 6.54 Å². The molecule has 0 radical (unpaired) electrons. The van der Waals surface area contributed by atoms with E-state index in [-0.39, 0.29) is 6.04 Å². The lowest BCUT2D eigenvalue weighted by molar-refractivity contribution is -0.136. The third-order valence-corrected chi connectivity index (χ3v) is 3.85. The van der Waals surface area contributed by atoms with E-state index in [0.717, 1.165) is 18.4 Å².